The molecule has 1 aromatic heterocycles. The van der Waals surface area contributed by atoms with Gasteiger partial charge in [0.1, 0.15) is 0 Å². The fourth-order valence-corrected chi connectivity index (χ4v) is 4.36. The Morgan fingerprint density at radius 2 is 1.94 bits per heavy atom. The first-order valence-corrected chi connectivity index (χ1v) is 7.90. The van der Waals surface area contributed by atoms with Gasteiger partial charge in [0.05, 0.1) is 6.20 Å². The highest BCUT2D eigenvalue weighted by Crippen LogP contribution is 2.29. The van der Waals surface area contributed by atoms with Gasteiger partial charge in [-0.2, -0.15) is 5.10 Å². The van der Waals surface area contributed by atoms with E-state index in [0.717, 1.165) is 12.8 Å². The van der Waals surface area contributed by atoms with Crippen LogP contribution >= 0.6 is 0 Å². The van der Waals surface area contributed by atoms with E-state index in [9.17, 15) is 8.42 Å². The summed E-state index contributed by atoms with van der Waals surface area (Å²) in [5.41, 5.74) is 0. The molecule has 1 aliphatic carbocycles. The molecule has 0 bridgehead atoms. The van der Waals surface area contributed by atoms with Gasteiger partial charge in [-0.3, -0.25) is 4.68 Å². The van der Waals surface area contributed by atoms with Gasteiger partial charge in [-0.15, -0.1) is 0 Å². The molecule has 1 fully saturated rings. The van der Waals surface area contributed by atoms with Gasteiger partial charge in [0, 0.05) is 13.1 Å². The maximum atomic E-state index is 12.3. The molecule has 0 spiro atoms. The van der Waals surface area contributed by atoms with Crippen molar-refractivity contribution in [2.45, 2.75) is 44.2 Å². The van der Waals surface area contributed by atoms with Crippen molar-refractivity contribution in [1.82, 2.24) is 14.5 Å². The highest BCUT2D eigenvalue weighted by Gasteiger charge is 2.32. The van der Waals surface area contributed by atoms with Crippen molar-refractivity contribution in [3.8, 4) is 0 Å². The summed E-state index contributed by atoms with van der Waals surface area (Å²) in [5.74, 6) is 0.772. The number of rotatable bonds is 3. The summed E-state index contributed by atoms with van der Waals surface area (Å²) in [6.45, 7) is 4.23. The second-order valence-corrected chi connectivity index (χ2v) is 6.99. The van der Waals surface area contributed by atoms with E-state index >= 15 is 0 Å². The van der Waals surface area contributed by atoms with E-state index in [1.807, 2.05) is 0 Å². The molecular formula is C12H21N3O2S. The minimum atomic E-state index is -3.46. The second-order valence-electron chi connectivity index (χ2n) is 5.33. The van der Waals surface area contributed by atoms with E-state index in [0.29, 0.717) is 11.8 Å². The quantitative estimate of drug-likeness (QED) is 0.906. The molecule has 18 heavy (non-hydrogen) atoms. The highest BCUT2D eigenvalue weighted by atomic mass is 32.2. The summed E-state index contributed by atoms with van der Waals surface area (Å²) in [5, 5.41) is 4.14. The van der Waals surface area contributed by atoms with Crippen LogP contribution in [0.3, 0.4) is 0 Å². The van der Waals surface area contributed by atoms with Gasteiger partial charge in [-0.05, 0) is 30.7 Å². The van der Waals surface area contributed by atoms with Gasteiger partial charge < -0.3 is 0 Å². The summed E-state index contributed by atoms with van der Waals surface area (Å²) in [7, 11) is -1.82. The number of hydrogen-bond donors (Lipinski definition) is 1. The fourth-order valence-electron chi connectivity index (χ4n) is 2.78. The first-order chi connectivity index (χ1) is 8.42. The summed E-state index contributed by atoms with van der Waals surface area (Å²) in [6.07, 6.45) is 4.86. The molecule has 2 atom stereocenters. The van der Waals surface area contributed by atoms with Crippen LogP contribution in [0.15, 0.2) is 17.3 Å². The molecule has 0 aliphatic heterocycles. The molecule has 1 heterocycles. The first-order valence-electron chi connectivity index (χ1n) is 6.42. The van der Waals surface area contributed by atoms with E-state index in [1.165, 1.54) is 23.4 Å². The number of aryl methyl sites for hydroxylation is 1. The number of hydrogen-bond acceptors (Lipinski definition) is 3. The van der Waals surface area contributed by atoms with Crippen LogP contribution < -0.4 is 4.72 Å². The molecule has 102 valence electrons. The van der Waals surface area contributed by atoms with Crippen LogP contribution in [0.1, 0.15) is 33.1 Å². The summed E-state index contributed by atoms with van der Waals surface area (Å²) in [6, 6.07) is 1.55. The average molecular weight is 271 g/mol. The smallest absolute Gasteiger partial charge is 0.256 e. The Morgan fingerprint density at radius 1 is 1.33 bits per heavy atom. The fraction of sp³-hybridized carbons (Fsp3) is 0.750. The van der Waals surface area contributed by atoms with Crippen LogP contribution in [0.5, 0.6) is 0 Å². The third kappa shape index (κ3) is 2.59. The SMILES string of the molecule is C[C@H]1CCC[C@H](C)C1NS(=O)(=O)c1ccnn1C. The van der Waals surface area contributed by atoms with Crippen molar-refractivity contribution < 1.29 is 8.42 Å². The predicted molar refractivity (Wildman–Crippen MR) is 69.5 cm³/mol. The summed E-state index contributed by atoms with van der Waals surface area (Å²) >= 11 is 0. The van der Waals surface area contributed by atoms with E-state index in [-0.39, 0.29) is 11.1 Å². The summed E-state index contributed by atoms with van der Waals surface area (Å²) < 4.78 is 28.8. The van der Waals surface area contributed by atoms with Crippen LogP contribution in [0.4, 0.5) is 0 Å². The van der Waals surface area contributed by atoms with Gasteiger partial charge in [-0.25, -0.2) is 13.1 Å². The van der Waals surface area contributed by atoms with Gasteiger partial charge in [-0.1, -0.05) is 20.3 Å². The van der Waals surface area contributed by atoms with Crippen LogP contribution in [0.2, 0.25) is 0 Å². The average Bonchev–Trinajstić information content (AvgIpc) is 2.71. The molecule has 0 aromatic carbocycles. The zero-order valence-corrected chi connectivity index (χ0v) is 11.9. The Morgan fingerprint density at radius 3 is 2.44 bits per heavy atom. The number of sulfonamides is 1. The molecule has 2 rings (SSSR count). The Bertz CT molecular complexity index is 499. The molecule has 1 saturated carbocycles. The van der Waals surface area contributed by atoms with Crippen LogP contribution in [0, 0.1) is 11.8 Å². The van der Waals surface area contributed by atoms with E-state index in [1.54, 1.807) is 7.05 Å². The molecule has 0 radical (unpaired) electrons. The molecule has 1 N–H and O–H groups in total. The Labute approximate surface area is 109 Å². The van der Waals surface area contributed by atoms with E-state index < -0.39 is 10.0 Å². The Kier molecular flexibility index (Phi) is 3.77. The minimum absolute atomic E-state index is 0.0265. The number of aromatic nitrogens is 2. The Balaban J connectivity index is 2.20. The summed E-state index contributed by atoms with van der Waals surface area (Å²) in [4.78, 5) is 0. The first kappa shape index (κ1) is 13.5. The largest absolute Gasteiger partial charge is 0.257 e. The molecule has 0 unspecified atom stereocenters. The topological polar surface area (TPSA) is 64.0 Å². The minimum Gasteiger partial charge on any atom is -0.256 e. The standard InChI is InChI=1S/C12H21N3O2S/c1-9-5-4-6-10(2)12(9)14-18(16,17)11-7-8-13-15(11)3/h7-10,12,14H,4-6H2,1-3H3/t9-,10-/m0/s1. The van der Waals surface area contributed by atoms with Crippen molar-refractivity contribution in [1.29, 1.82) is 0 Å². The van der Waals surface area contributed by atoms with Crippen molar-refractivity contribution in [3.63, 3.8) is 0 Å². The number of nitrogens with one attached hydrogen (secondary N) is 1. The monoisotopic (exact) mass is 271 g/mol. The lowest BCUT2D eigenvalue weighted by atomic mass is 9.79. The van der Waals surface area contributed by atoms with Gasteiger partial charge >= 0.3 is 0 Å². The van der Waals surface area contributed by atoms with Crippen molar-refractivity contribution >= 4 is 10.0 Å². The van der Waals surface area contributed by atoms with E-state index in [4.69, 9.17) is 0 Å². The molecular weight excluding hydrogens is 250 g/mol. The zero-order valence-electron chi connectivity index (χ0n) is 11.1. The third-order valence-electron chi connectivity index (χ3n) is 3.89. The zero-order chi connectivity index (χ0) is 13.3. The van der Waals surface area contributed by atoms with Gasteiger partial charge in [0.15, 0.2) is 5.03 Å². The van der Waals surface area contributed by atoms with Crippen LogP contribution in [-0.4, -0.2) is 24.2 Å². The molecule has 6 heteroatoms. The normalized spacial score (nSPS) is 26.4. The van der Waals surface area contributed by atoms with Crippen LogP contribution in [0.25, 0.3) is 0 Å². The molecule has 1 aromatic rings. The molecule has 0 saturated heterocycles. The van der Waals surface area contributed by atoms with Gasteiger partial charge in [0.2, 0.25) is 0 Å². The van der Waals surface area contributed by atoms with E-state index in [2.05, 4.69) is 23.7 Å². The van der Waals surface area contributed by atoms with Crippen molar-refractivity contribution in [3.05, 3.63) is 12.3 Å². The third-order valence-corrected chi connectivity index (χ3v) is 5.42. The molecule has 1 aliphatic rings. The highest BCUT2D eigenvalue weighted by molar-refractivity contribution is 7.89. The second kappa shape index (κ2) is 5.01. The van der Waals surface area contributed by atoms with Crippen LogP contribution in [-0.2, 0) is 17.1 Å². The molecule has 0 amide bonds. The Hall–Kier alpha value is -0.880. The number of nitrogens with zero attached hydrogens (tertiary/aromatic N) is 2. The molecule has 5 nitrogen and oxygen atoms in total. The lowest BCUT2D eigenvalue weighted by molar-refractivity contribution is 0.233. The lowest BCUT2D eigenvalue weighted by Gasteiger charge is -2.34. The maximum absolute atomic E-state index is 12.3. The lowest BCUT2D eigenvalue weighted by Crippen LogP contribution is -2.46. The maximum Gasteiger partial charge on any atom is 0.257 e. The van der Waals surface area contributed by atoms with Crippen molar-refractivity contribution in [2.24, 2.45) is 18.9 Å². The van der Waals surface area contributed by atoms with Gasteiger partial charge in [0.25, 0.3) is 10.0 Å². The predicted octanol–water partition coefficient (Wildman–Crippen LogP) is 1.52. The van der Waals surface area contributed by atoms with Crippen molar-refractivity contribution in [2.75, 3.05) is 0 Å².